The highest BCUT2D eigenvalue weighted by Gasteiger charge is 2.28. The van der Waals surface area contributed by atoms with Crippen LogP contribution in [0, 0.1) is 0 Å². The fourth-order valence-electron chi connectivity index (χ4n) is 3.29. The first kappa shape index (κ1) is 20.2. The van der Waals surface area contributed by atoms with Gasteiger partial charge in [0, 0.05) is 25.0 Å². The molecule has 0 unspecified atom stereocenters. The molecule has 2 aromatic carbocycles. The summed E-state index contributed by atoms with van der Waals surface area (Å²) in [4.78, 5) is 5.90. The third-order valence-corrected chi connectivity index (χ3v) is 6.34. The molecule has 0 saturated heterocycles. The number of pyridine rings is 1. The lowest BCUT2D eigenvalue weighted by atomic mass is 9.79. The molecule has 154 valence electrons. The lowest BCUT2D eigenvalue weighted by Gasteiger charge is -2.23. The van der Waals surface area contributed by atoms with E-state index < -0.39 is 17.1 Å². The molecule has 0 radical (unpaired) electrons. The Hall–Kier alpha value is -3.08. The summed E-state index contributed by atoms with van der Waals surface area (Å²) in [6.07, 6.45) is 3.29. The molecule has 8 nitrogen and oxygen atoms in total. The standard InChI is InChI=1S/C20H20BN3O5S/c1-24(16-4-3-9-22-12-16)19-11-17(28-2)7-8-20(19)30(26,27)23-15-6-5-14-13-29-21(25)18(14)10-15/h3-12,23,25H,13H2,1-2H3. The van der Waals surface area contributed by atoms with Crippen LogP contribution in [0.4, 0.5) is 17.1 Å². The number of methoxy groups -OCH3 is 1. The molecule has 2 heterocycles. The van der Waals surface area contributed by atoms with E-state index in [0.717, 1.165) is 11.3 Å². The fraction of sp³-hybridized carbons (Fsp3) is 0.150. The quantitative estimate of drug-likeness (QED) is 0.582. The molecule has 3 aromatic rings. The van der Waals surface area contributed by atoms with Crippen molar-refractivity contribution in [3.05, 3.63) is 66.5 Å². The second-order valence-electron chi connectivity index (χ2n) is 6.79. The highest BCUT2D eigenvalue weighted by Crippen LogP contribution is 2.34. The molecule has 10 heteroatoms. The number of aromatic nitrogens is 1. The molecule has 0 fully saturated rings. The Morgan fingerprint density at radius 1 is 1.23 bits per heavy atom. The van der Waals surface area contributed by atoms with Gasteiger partial charge in [0.25, 0.3) is 10.0 Å². The van der Waals surface area contributed by atoms with Gasteiger partial charge >= 0.3 is 7.12 Å². The zero-order chi connectivity index (χ0) is 21.3. The highest BCUT2D eigenvalue weighted by atomic mass is 32.2. The Bertz CT molecular complexity index is 1170. The highest BCUT2D eigenvalue weighted by molar-refractivity contribution is 7.92. The molecular formula is C20H20BN3O5S. The molecule has 1 aromatic heterocycles. The first-order valence-corrected chi connectivity index (χ1v) is 10.6. The lowest BCUT2D eigenvalue weighted by Crippen LogP contribution is -2.28. The average Bonchev–Trinajstić information content (AvgIpc) is 3.13. The van der Waals surface area contributed by atoms with E-state index in [2.05, 4.69) is 9.71 Å². The molecule has 30 heavy (non-hydrogen) atoms. The van der Waals surface area contributed by atoms with Crippen LogP contribution in [-0.4, -0.2) is 39.7 Å². The van der Waals surface area contributed by atoms with E-state index in [9.17, 15) is 13.4 Å². The van der Waals surface area contributed by atoms with Crippen LogP contribution in [0.25, 0.3) is 0 Å². The predicted molar refractivity (Wildman–Crippen MR) is 115 cm³/mol. The van der Waals surface area contributed by atoms with E-state index >= 15 is 0 Å². The number of benzene rings is 2. The molecule has 0 aliphatic carbocycles. The number of nitrogens with one attached hydrogen (secondary N) is 1. The predicted octanol–water partition coefficient (Wildman–Crippen LogP) is 1.88. The Morgan fingerprint density at radius 3 is 2.80 bits per heavy atom. The second kappa shape index (κ2) is 7.98. The number of nitrogens with zero attached hydrogens (tertiary/aromatic N) is 2. The summed E-state index contributed by atoms with van der Waals surface area (Å²) >= 11 is 0. The van der Waals surface area contributed by atoms with Crippen molar-refractivity contribution in [3.63, 3.8) is 0 Å². The number of anilines is 3. The van der Waals surface area contributed by atoms with Crippen molar-refractivity contribution in [2.75, 3.05) is 23.8 Å². The number of rotatable bonds is 6. The van der Waals surface area contributed by atoms with E-state index in [1.165, 1.54) is 13.2 Å². The van der Waals surface area contributed by atoms with Crippen LogP contribution in [0.1, 0.15) is 5.56 Å². The van der Waals surface area contributed by atoms with Crippen molar-refractivity contribution in [2.45, 2.75) is 11.5 Å². The van der Waals surface area contributed by atoms with Crippen LogP contribution >= 0.6 is 0 Å². The normalized spacial score (nSPS) is 13.1. The van der Waals surface area contributed by atoms with Crippen LogP contribution in [0.5, 0.6) is 5.75 Å². The van der Waals surface area contributed by atoms with Crippen molar-refractivity contribution >= 4 is 39.7 Å². The van der Waals surface area contributed by atoms with Gasteiger partial charge in [-0.3, -0.25) is 9.71 Å². The second-order valence-corrected chi connectivity index (χ2v) is 8.44. The Balaban J connectivity index is 1.73. The third kappa shape index (κ3) is 3.84. The van der Waals surface area contributed by atoms with E-state index in [1.807, 2.05) is 6.07 Å². The largest absolute Gasteiger partial charge is 0.497 e. The smallest absolute Gasteiger partial charge is 0.491 e. The number of hydrogen-bond acceptors (Lipinski definition) is 7. The maximum absolute atomic E-state index is 13.3. The van der Waals surface area contributed by atoms with Crippen LogP contribution < -0.4 is 19.8 Å². The van der Waals surface area contributed by atoms with Crippen molar-refractivity contribution in [2.24, 2.45) is 0 Å². The minimum absolute atomic E-state index is 0.0759. The molecule has 0 saturated carbocycles. The lowest BCUT2D eigenvalue weighted by molar-refractivity contribution is 0.275. The first-order valence-electron chi connectivity index (χ1n) is 9.16. The SMILES string of the molecule is COc1ccc(S(=O)(=O)Nc2ccc3c(c2)B(O)OC3)c(N(C)c2cccnc2)c1. The summed E-state index contributed by atoms with van der Waals surface area (Å²) in [7, 11) is -1.73. The van der Waals surface area contributed by atoms with Gasteiger partial charge in [0.2, 0.25) is 0 Å². The minimum Gasteiger partial charge on any atom is -0.497 e. The van der Waals surface area contributed by atoms with E-state index in [-0.39, 0.29) is 4.90 Å². The molecule has 0 spiro atoms. The summed E-state index contributed by atoms with van der Waals surface area (Å²) in [5, 5.41) is 9.90. The maximum Gasteiger partial charge on any atom is 0.491 e. The molecule has 1 aliphatic rings. The van der Waals surface area contributed by atoms with Crippen molar-refractivity contribution < 1.29 is 22.8 Å². The van der Waals surface area contributed by atoms with Crippen molar-refractivity contribution in [1.82, 2.24) is 4.98 Å². The Kier molecular flexibility index (Phi) is 5.38. The fourth-order valence-corrected chi connectivity index (χ4v) is 4.56. The molecule has 0 atom stereocenters. The van der Waals surface area contributed by atoms with Gasteiger partial charge in [0.1, 0.15) is 10.6 Å². The van der Waals surface area contributed by atoms with Gasteiger partial charge in [-0.15, -0.1) is 0 Å². The Labute approximate surface area is 175 Å². The molecular weight excluding hydrogens is 405 g/mol. The minimum atomic E-state index is -3.95. The summed E-state index contributed by atoms with van der Waals surface area (Å²) in [6.45, 7) is 0.294. The van der Waals surface area contributed by atoms with Gasteiger partial charge in [-0.2, -0.15) is 0 Å². The zero-order valence-corrected chi connectivity index (χ0v) is 17.3. The topological polar surface area (TPSA) is 101 Å². The monoisotopic (exact) mass is 425 g/mol. The Morgan fingerprint density at radius 2 is 2.07 bits per heavy atom. The van der Waals surface area contributed by atoms with Gasteiger partial charge in [0.15, 0.2) is 0 Å². The summed E-state index contributed by atoms with van der Waals surface area (Å²) < 4.78 is 39.6. The number of fused-ring (bicyclic) bond motifs is 1. The number of sulfonamides is 1. The van der Waals surface area contributed by atoms with Gasteiger partial charge in [0.05, 0.1) is 31.3 Å². The molecule has 4 rings (SSSR count). The van der Waals surface area contributed by atoms with Crippen LogP contribution in [0.3, 0.4) is 0 Å². The van der Waals surface area contributed by atoms with E-state index in [0.29, 0.717) is 29.2 Å². The molecule has 2 N–H and O–H groups in total. The van der Waals surface area contributed by atoms with Gasteiger partial charge in [-0.25, -0.2) is 8.42 Å². The molecule has 0 amide bonds. The molecule has 0 bridgehead atoms. The third-order valence-electron chi connectivity index (χ3n) is 4.91. The van der Waals surface area contributed by atoms with Gasteiger partial charge in [-0.05, 0) is 47.4 Å². The molecule has 1 aliphatic heterocycles. The average molecular weight is 425 g/mol. The number of hydrogen-bond donors (Lipinski definition) is 2. The summed E-state index contributed by atoms with van der Waals surface area (Å²) in [5.41, 5.74) is 2.87. The van der Waals surface area contributed by atoms with Gasteiger partial charge < -0.3 is 19.3 Å². The summed E-state index contributed by atoms with van der Waals surface area (Å²) in [6, 6.07) is 13.3. The van der Waals surface area contributed by atoms with Crippen molar-refractivity contribution in [1.29, 1.82) is 0 Å². The van der Waals surface area contributed by atoms with Crippen LogP contribution in [0.15, 0.2) is 65.8 Å². The zero-order valence-electron chi connectivity index (χ0n) is 16.4. The van der Waals surface area contributed by atoms with Crippen molar-refractivity contribution in [3.8, 4) is 5.75 Å². The van der Waals surface area contributed by atoms with Crippen LogP contribution in [0.2, 0.25) is 0 Å². The maximum atomic E-state index is 13.3. The first-order chi connectivity index (χ1) is 14.4. The number of ether oxygens (including phenoxy) is 1. The van der Waals surface area contributed by atoms with E-state index in [4.69, 9.17) is 9.39 Å². The van der Waals surface area contributed by atoms with Gasteiger partial charge in [-0.1, -0.05) is 6.07 Å². The van der Waals surface area contributed by atoms with E-state index in [1.54, 1.807) is 60.7 Å². The summed E-state index contributed by atoms with van der Waals surface area (Å²) in [5.74, 6) is 0.525. The van der Waals surface area contributed by atoms with Crippen LogP contribution in [-0.2, 0) is 21.3 Å².